The van der Waals surface area contributed by atoms with Gasteiger partial charge >= 0.3 is 0 Å². The maximum atomic E-state index is 14.1. The Hall–Kier alpha value is -3.17. The van der Waals surface area contributed by atoms with E-state index in [-0.39, 0.29) is 23.4 Å². The molecule has 3 aromatic carbocycles. The standard InChI is InChI=1S/C30H34BrN3O4S/c1-2-28(30(36)32-25-15-9-10-16-25)33(21-23-12-5-3-6-13-23)29(35)22-34(26-17-11-14-24(31)20-26)39(37,38)27-18-7-4-8-19-27/h3-8,11-14,17-20,25,28H,2,9-10,15-16,21-22H2,1H3,(H,32,36)/t28-/m1/s1. The smallest absolute Gasteiger partial charge is 0.264 e. The van der Waals surface area contributed by atoms with E-state index in [1.807, 2.05) is 37.3 Å². The Morgan fingerprint density at radius 1 is 0.949 bits per heavy atom. The van der Waals surface area contributed by atoms with Crippen molar-refractivity contribution < 1.29 is 18.0 Å². The van der Waals surface area contributed by atoms with Gasteiger partial charge in [0.05, 0.1) is 10.6 Å². The largest absolute Gasteiger partial charge is 0.352 e. The number of nitrogens with one attached hydrogen (secondary N) is 1. The van der Waals surface area contributed by atoms with Gasteiger partial charge in [-0.25, -0.2) is 8.42 Å². The number of hydrogen-bond acceptors (Lipinski definition) is 4. The molecule has 3 aromatic rings. The number of carbonyl (C=O) groups is 2. The fraction of sp³-hybridized carbons (Fsp3) is 0.333. The Morgan fingerprint density at radius 3 is 2.21 bits per heavy atom. The summed E-state index contributed by atoms with van der Waals surface area (Å²) in [5, 5.41) is 3.13. The molecule has 0 unspecified atom stereocenters. The summed E-state index contributed by atoms with van der Waals surface area (Å²) in [5.41, 5.74) is 1.21. The molecular formula is C30H34BrN3O4S. The molecule has 39 heavy (non-hydrogen) atoms. The molecule has 1 aliphatic rings. The Balaban J connectivity index is 1.69. The van der Waals surface area contributed by atoms with Gasteiger partial charge in [-0.05, 0) is 55.2 Å². The molecule has 9 heteroatoms. The van der Waals surface area contributed by atoms with Crippen LogP contribution < -0.4 is 9.62 Å². The fourth-order valence-electron chi connectivity index (χ4n) is 4.95. The zero-order valence-electron chi connectivity index (χ0n) is 22.0. The molecule has 1 saturated carbocycles. The van der Waals surface area contributed by atoms with Crippen molar-refractivity contribution in [2.24, 2.45) is 0 Å². The molecule has 0 radical (unpaired) electrons. The summed E-state index contributed by atoms with van der Waals surface area (Å²) in [4.78, 5) is 29.1. The first kappa shape index (κ1) is 28.8. The predicted molar refractivity (Wildman–Crippen MR) is 157 cm³/mol. The molecule has 206 valence electrons. The third-order valence-corrected chi connectivity index (χ3v) is 9.27. The summed E-state index contributed by atoms with van der Waals surface area (Å²) < 4.78 is 29.5. The van der Waals surface area contributed by atoms with Crippen molar-refractivity contribution in [2.75, 3.05) is 10.8 Å². The van der Waals surface area contributed by atoms with Gasteiger partial charge in [0.15, 0.2) is 0 Å². The Kier molecular flexibility index (Phi) is 9.80. The van der Waals surface area contributed by atoms with E-state index in [0.717, 1.165) is 35.6 Å². The molecular weight excluding hydrogens is 578 g/mol. The van der Waals surface area contributed by atoms with Crippen molar-refractivity contribution in [3.63, 3.8) is 0 Å². The van der Waals surface area contributed by atoms with Crippen LogP contribution in [0.2, 0.25) is 0 Å². The number of hydrogen-bond donors (Lipinski definition) is 1. The number of nitrogens with zero attached hydrogens (tertiary/aromatic N) is 2. The van der Waals surface area contributed by atoms with E-state index in [2.05, 4.69) is 21.2 Å². The van der Waals surface area contributed by atoms with Crippen LogP contribution >= 0.6 is 15.9 Å². The number of rotatable bonds is 11. The van der Waals surface area contributed by atoms with Crippen LogP contribution in [0.4, 0.5) is 5.69 Å². The zero-order chi connectivity index (χ0) is 27.8. The Bertz CT molecular complexity index is 1360. The van der Waals surface area contributed by atoms with Gasteiger partial charge < -0.3 is 10.2 Å². The molecule has 0 spiro atoms. The summed E-state index contributed by atoms with van der Waals surface area (Å²) in [7, 11) is -4.08. The van der Waals surface area contributed by atoms with Crippen molar-refractivity contribution in [1.29, 1.82) is 0 Å². The number of halogens is 1. The van der Waals surface area contributed by atoms with Crippen LogP contribution in [0.5, 0.6) is 0 Å². The second-order valence-corrected chi connectivity index (χ2v) is 12.5. The third-order valence-electron chi connectivity index (χ3n) is 6.99. The van der Waals surface area contributed by atoms with Gasteiger partial charge in [-0.15, -0.1) is 0 Å². The molecule has 1 N–H and O–H groups in total. The van der Waals surface area contributed by atoms with Gasteiger partial charge in [0.25, 0.3) is 10.0 Å². The number of carbonyl (C=O) groups excluding carboxylic acids is 2. The lowest BCUT2D eigenvalue weighted by molar-refractivity contribution is -0.140. The van der Waals surface area contributed by atoms with Gasteiger partial charge in [-0.3, -0.25) is 13.9 Å². The Morgan fingerprint density at radius 2 is 1.59 bits per heavy atom. The highest BCUT2D eigenvalue weighted by Gasteiger charge is 2.34. The second kappa shape index (κ2) is 13.3. The first-order chi connectivity index (χ1) is 18.8. The first-order valence-corrected chi connectivity index (χ1v) is 15.5. The highest BCUT2D eigenvalue weighted by atomic mass is 79.9. The molecule has 0 bridgehead atoms. The van der Waals surface area contributed by atoms with Gasteiger partial charge in [0.2, 0.25) is 11.8 Å². The van der Waals surface area contributed by atoms with E-state index in [4.69, 9.17) is 0 Å². The average molecular weight is 613 g/mol. The van der Waals surface area contributed by atoms with Crippen molar-refractivity contribution >= 4 is 43.5 Å². The van der Waals surface area contributed by atoms with Crippen LogP contribution in [-0.2, 0) is 26.2 Å². The molecule has 1 fully saturated rings. The summed E-state index contributed by atoms with van der Waals surface area (Å²) in [6.45, 7) is 1.61. The SMILES string of the molecule is CC[C@H](C(=O)NC1CCCC1)N(Cc1ccccc1)C(=O)CN(c1cccc(Br)c1)S(=O)(=O)c1ccccc1. The molecule has 0 aromatic heterocycles. The van der Waals surface area contributed by atoms with E-state index in [1.54, 1.807) is 42.5 Å². The van der Waals surface area contributed by atoms with Crippen molar-refractivity contribution in [2.45, 2.75) is 62.6 Å². The summed E-state index contributed by atoms with van der Waals surface area (Å²) >= 11 is 3.42. The summed E-state index contributed by atoms with van der Waals surface area (Å²) in [6, 6.07) is 23.7. The lowest BCUT2D eigenvalue weighted by Crippen LogP contribution is -2.53. The van der Waals surface area contributed by atoms with E-state index < -0.39 is 28.5 Å². The molecule has 0 saturated heterocycles. The minimum atomic E-state index is -4.08. The lowest BCUT2D eigenvalue weighted by atomic mass is 10.1. The first-order valence-electron chi connectivity index (χ1n) is 13.3. The van der Waals surface area contributed by atoms with E-state index in [0.29, 0.717) is 16.6 Å². The van der Waals surface area contributed by atoms with Crippen molar-refractivity contribution in [3.8, 4) is 0 Å². The second-order valence-electron chi connectivity index (χ2n) is 9.73. The van der Waals surface area contributed by atoms with E-state index in [9.17, 15) is 18.0 Å². The number of anilines is 1. The molecule has 1 aliphatic carbocycles. The normalized spacial score (nSPS) is 14.5. The van der Waals surface area contributed by atoms with Gasteiger partial charge in [0, 0.05) is 17.1 Å². The molecule has 0 aliphatic heterocycles. The predicted octanol–water partition coefficient (Wildman–Crippen LogP) is 5.51. The van der Waals surface area contributed by atoms with Crippen molar-refractivity contribution in [3.05, 3.63) is 95.0 Å². The summed E-state index contributed by atoms with van der Waals surface area (Å²) in [6.07, 6.45) is 4.42. The van der Waals surface area contributed by atoms with Crippen LogP contribution in [0.15, 0.2) is 94.3 Å². The van der Waals surface area contributed by atoms with Crippen LogP contribution in [0.3, 0.4) is 0 Å². The zero-order valence-corrected chi connectivity index (χ0v) is 24.4. The maximum absolute atomic E-state index is 14.1. The molecule has 0 heterocycles. The fourth-order valence-corrected chi connectivity index (χ4v) is 6.76. The van der Waals surface area contributed by atoms with Gasteiger partial charge in [0.1, 0.15) is 12.6 Å². The van der Waals surface area contributed by atoms with Crippen molar-refractivity contribution in [1.82, 2.24) is 10.2 Å². The van der Waals surface area contributed by atoms with Crippen LogP contribution in [0.1, 0.15) is 44.6 Å². The quantitative estimate of drug-likeness (QED) is 0.310. The Labute approximate surface area is 239 Å². The molecule has 4 rings (SSSR count). The monoisotopic (exact) mass is 611 g/mol. The van der Waals surface area contributed by atoms with Crippen LogP contribution in [0, 0.1) is 0 Å². The minimum Gasteiger partial charge on any atom is -0.352 e. The van der Waals surface area contributed by atoms with Gasteiger partial charge in [-0.1, -0.05) is 90.3 Å². The minimum absolute atomic E-state index is 0.0819. The van der Waals surface area contributed by atoms with E-state index in [1.165, 1.54) is 17.0 Å². The topological polar surface area (TPSA) is 86.8 Å². The highest BCUT2D eigenvalue weighted by Crippen LogP contribution is 2.27. The molecule has 7 nitrogen and oxygen atoms in total. The number of benzene rings is 3. The van der Waals surface area contributed by atoms with Crippen LogP contribution in [-0.4, -0.2) is 43.8 Å². The van der Waals surface area contributed by atoms with Gasteiger partial charge in [-0.2, -0.15) is 0 Å². The highest BCUT2D eigenvalue weighted by molar-refractivity contribution is 9.10. The molecule has 1 atom stereocenters. The number of sulfonamides is 1. The third kappa shape index (κ3) is 7.28. The maximum Gasteiger partial charge on any atom is 0.264 e. The molecule has 2 amide bonds. The lowest BCUT2D eigenvalue weighted by Gasteiger charge is -2.33. The average Bonchev–Trinajstić information content (AvgIpc) is 3.45. The summed E-state index contributed by atoms with van der Waals surface area (Å²) in [5.74, 6) is -0.652. The van der Waals surface area contributed by atoms with Crippen LogP contribution in [0.25, 0.3) is 0 Å². The van der Waals surface area contributed by atoms with E-state index >= 15 is 0 Å². The number of amides is 2.